The van der Waals surface area contributed by atoms with Crippen molar-refractivity contribution >= 4 is 11.9 Å². The highest BCUT2D eigenvalue weighted by atomic mass is 16.5. The van der Waals surface area contributed by atoms with Crippen LogP contribution in [0.3, 0.4) is 0 Å². The van der Waals surface area contributed by atoms with Crippen LogP contribution in [0.25, 0.3) is 0 Å². The van der Waals surface area contributed by atoms with Crippen molar-refractivity contribution in [3.8, 4) is 5.75 Å². The molecule has 3 atom stereocenters. The van der Waals surface area contributed by atoms with Gasteiger partial charge in [0.15, 0.2) is 0 Å². The highest BCUT2D eigenvalue weighted by Gasteiger charge is 2.44. The zero-order chi connectivity index (χ0) is 18.6. The first-order chi connectivity index (χ1) is 13.2. The number of amides is 1. The van der Waals surface area contributed by atoms with Gasteiger partial charge in [-0.25, -0.2) is 9.97 Å². The van der Waals surface area contributed by atoms with Crippen molar-refractivity contribution in [3.05, 3.63) is 48.3 Å². The zero-order valence-corrected chi connectivity index (χ0v) is 15.4. The molecule has 1 amide bonds. The molecule has 0 unspecified atom stereocenters. The molecule has 7 nitrogen and oxygen atoms in total. The van der Waals surface area contributed by atoms with Crippen LogP contribution < -0.4 is 10.1 Å². The largest absolute Gasteiger partial charge is 0.497 e. The minimum atomic E-state index is 0.128. The fourth-order valence-electron chi connectivity index (χ4n) is 3.89. The molecule has 1 aromatic carbocycles. The van der Waals surface area contributed by atoms with E-state index < -0.39 is 0 Å². The first-order valence-corrected chi connectivity index (χ1v) is 9.26. The lowest BCUT2D eigenvalue weighted by atomic mass is 9.93. The van der Waals surface area contributed by atoms with E-state index in [0.29, 0.717) is 37.4 Å². The van der Waals surface area contributed by atoms with Crippen molar-refractivity contribution < 1.29 is 14.3 Å². The molecule has 2 saturated heterocycles. The number of carbonyl (C=O) groups is 1. The second kappa shape index (κ2) is 7.92. The Hall–Kier alpha value is -2.67. The summed E-state index contributed by atoms with van der Waals surface area (Å²) < 4.78 is 11.2. The summed E-state index contributed by atoms with van der Waals surface area (Å²) in [6.45, 7) is 2.89. The third-order valence-electron chi connectivity index (χ3n) is 5.37. The van der Waals surface area contributed by atoms with Gasteiger partial charge in [0.05, 0.1) is 26.2 Å². The Bertz CT molecular complexity index is 786. The number of nitrogens with one attached hydrogen (secondary N) is 1. The van der Waals surface area contributed by atoms with Crippen LogP contribution in [0.15, 0.2) is 42.7 Å². The van der Waals surface area contributed by atoms with E-state index in [4.69, 9.17) is 9.47 Å². The zero-order valence-electron chi connectivity index (χ0n) is 15.4. The third kappa shape index (κ3) is 4.03. The van der Waals surface area contributed by atoms with Crippen LogP contribution in [-0.2, 0) is 16.0 Å². The Morgan fingerprint density at radius 3 is 2.96 bits per heavy atom. The van der Waals surface area contributed by atoms with E-state index >= 15 is 0 Å². The lowest BCUT2D eigenvalue weighted by Crippen LogP contribution is -2.33. The number of hydrogen-bond acceptors (Lipinski definition) is 6. The molecule has 0 aliphatic carbocycles. The summed E-state index contributed by atoms with van der Waals surface area (Å²) in [5, 5.41) is 3.28. The molecule has 142 valence electrons. The molecule has 3 heterocycles. The van der Waals surface area contributed by atoms with Crippen molar-refractivity contribution in [1.82, 2.24) is 14.9 Å². The average Bonchev–Trinajstić information content (AvgIpc) is 3.28. The lowest BCUT2D eigenvalue weighted by molar-refractivity contribution is -0.130. The molecule has 7 heteroatoms. The molecule has 0 bridgehead atoms. The monoisotopic (exact) mass is 368 g/mol. The van der Waals surface area contributed by atoms with Gasteiger partial charge in [-0.2, -0.15) is 0 Å². The first kappa shape index (κ1) is 17.7. The fourth-order valence-corrected chi connectivity index (χ4v) is 3.89. The van der Waals surface area contributed by atoms with Crippen LogP contribution >= 0.6 is 0 Å². The Morgan fingerprint density at radius 2 is 2.15 bits per heavy atom. The summed E-state index contributed by atoms with van der Waals surface area (Å²) in [6, 6.07) is 9.47. The van der Waals surface area contributed by atoms with Crippen LogP contribution in [0.2, 0.25) is 0 Å². The van der Waals surface area contributed by atoms with Crippen LogP contribution in [0.5, 0.6) is 5.75 Å². The second-order valence-corrected chi connectivity index (χ2v) is 7.08. The number of likely N-dealkylation sites (tertiary alicyclic amines) is 1. The molecule has 2 aromatic rings. The van der Waals surface area contributed by atoms with E-state index in [1.165, 1.54) is 0 Å². The highest BCUT2D eigenvalue weighted by molar-refractivity contribution is 5.79. The standard InChI is InChI=1S/C20H24N4O3/c1-26-16-5-2-4-14(8-16)9-19(25)24-11-17-15(13-27-18(17)12-24)10-23-20-21-6-3-7-22-20/h2-8,15,17-18H,9-13H2,1H3,(H,21,22,23)/t15-,17+,18+/m1/s1. The molecule has 1 aromatic heterocycles. The highest BCUT2D eigenvalue weighted by Crippen LogP contribution is 2.34. The van der Waals surface area contributed by atoms with Gasteiger partial charge in [0.1, 0.15) is 5.75 Å². The minimum Gasteiger partial charge on any atom is -0.497 e. The number of methoxy groups -OCH3 is 1. The van der Waals surface area contributed by atoms with Crippen LogP contribution in [0.4, 0.5) is 5.95 Å². The SMILES string of the molecule is COc1cccc(CC(=O)N2C[C@H]3[C@H](CNc4ncccn4)CO[C@H]3C2)c1. The van der Waals surface area contributed by atoms with Crippen LogP contribution in [0, 0.1) is 11.8 Å². The third-order valence-corrected chi connectivity index (χ3v) is 5.37. The van der Waals surface area contributed by atoms with Crippen molar-refractivity contribution in [2.45, 2.75) is 12.5 Å². The van der Waals surface area contributed by atoms with E-state index in [-0.39, 0.29) is 12.0 Å². The predicted octanol–water partition coefficient (Wildman–Crippen LogP) is 1.61. The van der Waals surface area contributed by atoms with Gasteiger partial charge in [0, 0.05) is 43.9 Å². The minimum absolute atomic E-state index is 0.128. The lowest BCUT2D eigenvalue weighted by Gasteiger charge is -2.20. The Morgan fingerprint density at radius 1 is 1.30 bits per heavy atom. The fraction of sp³-hybridized carbons (Fsp3) is 0.450. The van der Waals surface area contributed by atoms with Gasteiger partial charge in [-0.05, 0) is 23.8 Å². The van der Waals surface area contributed by atoms with Crippen molar-refractivity contribution in [3.63, 3.8) is 0 Å². The summed E-state index contributed by atoms with van der Waals surface area (Å²) in [5.74, 6) is 2.25. The van der Waals surface area contributed by atoms with E-state index in [0.717, 1.165) is 24.4 Å². The molecule has 27 heavy (non-hydrogen) atoms. The number of hydrogen-bond donors (Lipinski definition) is 1. The summed E-state index contributed by atoms with van der Waals surface area (Å²) in [7, 11) is 1.63. The molecule has 0 saturated carbocycles. The number of nitrogens with zero attached hydrogens (tertiary/aromatic N) is 3. The normalized spacial score (nSPS) is 23.9. The molecular formula is C20H24N4O3. The Balaban J connectivity index is 1.32. The molecule has 2 aliphatic rings. The van der Waals surface area contributed by atoms with Gasteiger partial charge in [0.2, 0.25) is 11.9 Å². The molecular weight excluding hydrogens is 344 g/mol. The Labute approximate surface area is 158 Å². The summed E-state index contributed by atoms with van der Waals surface area (Å²) in [5.41, 5.74) is 0.969. The smallest absolute Gasteiger partial charge is 0.227 e. The van der Waals surface area contributed by atoms with Crippen LogP contribution in [0.1, 0.15) is 5.56 Å². The second-order valence-electron chi connectivity index (χ2n) is 7.08. The number of anilines is 1. The maximum atomic E-state index is 12.7. The van der Waals surface area contributed by atoms with Crippen molar-refractivity contribution in [1.29, 1.82) is 0 Å². The number of carbonyl (C=O) groups excluding carboxylic acids is 1. The molecule has 2 aliphatic heterocycles. The molecule has 0 spiro atoms. The van der Waals surface area contributed by atoms with Gasteiger partial charge < -0.3 is 19.7 Å². The maximum absolute atomic E-state index is 12.7. The van der Waals surface area contributed by atoms with Gasteiger partial charge in [0.25, 0.3) is 0 Å². The first-order valence-electron chi connectivity index (χ1n) is 9.26. The maximum Gasteiger partial charge on any atom is 0.227 e. The number of rotatable bonds is 6. The van der Waals surface area contributed by atoms with Gasteiger partial charge in [-0.3, -0.25) is 4.79 Å². The number of fused-ring (bicyclic) bond motifs is 1. The van der Waals surface area contributed by atoms with E-state index in [1.807, 2.05) is 29.2 Å². The number of ether oxygens (including phenoxy) is 2. The average molecular weight is 368 g/mol. The van der Waals surface area contributed by atoms with Gasteiger partial charge in [-0.15, -0.1) is 0 Å². The van der Waals surface area contributed by atoms with Crippen LogP contribution in [-0.4, -0.2) is 60.2 Å². The molecule has 4 rings (SSSR count). The molecule has 0 radical (unpaired) electrons. The molecule has 2 fully saturated rings. The summed E-state index contributed by atoms with van der Waals surface area (Å²) >= 11 is 0. The number of benzene rings is 1. The van der Waals surface area contributed by atoms with Crippen molar-refractivity contribution in [2.24, 2.45) is 11.8 Å². The molecule has 1 N–H and O–H groups in total. The summed E-state index contributed by atoms with van der Waals surface area (Å²) in [6.07, 6.45) is 3.95. The predicted molar refractivity (Wildman–Crippen MR) is 101 cm³/mol. The van der Waals surface area contributed by atoms with E-state index in [2.05, 4.69) is 15.3 Å². The Kier molecular flexibility index (Phi) is 5.20. The van der Waals surface area contributed by atoms with E-state index in [9.17, 15) is 4.79 Å². The summed E-state index contributed by atoms with van der Waals surface area (Å²) in [4.78, 5) is 23.0. The van der Waals surface area contributed by atoms with E-state index in [1.54, 1.807) is 25.6 Å². The van der Waals surface area contributed by atoms with Crippen molar-refractivity contribution in [2.75, 3.05) is 38.7 Å². The quantitative estimate of drug-likeness (QED) is 0.835. The van der Waals surface area contributed by atoms with Gasteiger partial charge in [-0.1, -0.05) is 12.1 Å². The topological polar surface area (TPSA) is 76.6 Å². The number of aromatic nitrogens is 2. The van der Waals surface area contributed by atoms with Gasteiger partial charge >= 0.3 is 0 Å².